The van der Waals surface area contributed by atoms with Gasteiger partial charge in [-0.3, -0.25) is 0 Å². The quantitative estimate of drug-likeness (QED) is 0.143. The zero-order valence-electron chi connectivity index (χ0n) is 47.5. The summed E-state index contributed by atoms with van der Waals surface area (Å²) in [4.78, 5) is 0. The normalized spacial score (nSPS) is 19.8. The minimum atomic E-state index is -0.937. The molecule has 0 atom stereocenters. The van der Waals surface area contributed by atoms with Gasteiger partial charge in [-0.2, -0.15) is 0 Å². The molecule has 9 aromatic carbocycles. The highest BCUT2D eigenvalue weighted by Crippen LogP contribution is 2.47. The van der Waals surface area contributed by atoms with E-state index >= 15 is 0 Å². The summed E-state index contributed by atoms with van der Waals surface area (Å²) in [5.41, 5.74) is -3.55. The first kappa shape index (κ1) is 10.6. The minimum Gasteiger partial charge on any atom is -0.455 e. The van der Waals surface area contributed by atoms with Crippen molar-refractivity contribution >= 4 is 75.8 Å². The van der Waals surface area contributed by atoms with Crippen molar-refractivity contribution in [2.24, 2.45) is 0 Å². The van der Waals surface area contributed by atoms with Crippen LogP contribution in [-0.2, 0) is 0 Å². The summed E-state index contributed by atoms with van der Waals surface area (Å²) in [6, 6.07) is -19.3. The first-order chi connectivity index (χ1) is 32.7. The highest BCUT2D eigenvalue weighted by molar-refractivity contribution is 6.27. The maximum atomic E-state index is 9.71. The van der Waals surface area contributed by atoms with E-state index in [0.29, 0.717) is 0 Å². The molecule has 0 aliphatic carbocycles. The summed E-state index contributed by atoms with van der Waals surface area (Å²) in [6.07, 6.45) is 0. The molecule has 10 aromatic rings. The van der Waals surface area contributed by atoms with E-state index in [0.717, 1.165) is 6.07 Å². The van der Waals surface area contributed by atoms with Crippen LogP contribution in [0.2, 0.25) is 0 Å². The van der Waals surface area contributed by atoms with Gasteiger partial charge in [0.2, 0.25) is 0 Å². The third kappa shape index (κ3) is 3.50. The summed E-state index contributed by atoms with van der Waals surface area (Å²) in [5, 5.41) is -5.79. The average molecular weight is 596 g/mol. The predicted molar refractivity (Wildman–Crippen MR) is 192 cm³/mol. The Bertz CT molecular complexity index is 4150. The maximum absolute atomic E-state index is 9.71. The van der Waals surface area contributed by atoms with Crippen molar-refractivity contribution in [1.29, 1.82) is 0 Å². The van der Waals surface area contributed by atoms with Gasteiger partial charge in [0.05, 0.1) is 34.3 Å². The lowest BCUT2D eigenvalue weighted by Crippen LogP contribution is -1.91. The zero-order valence-corrected chi connectivity index (χ0v) is 22.5. The van der Waals surface area contributed by atoms with Crippen LogP contribution in [0.25, 0.3) is 98.1 Å². The van der Waals surface area contributed by atoms with Gasteiger partial charge in [-0.1, -0.05) is 139 Å². The third-order valence-corrected chi connectivity index (χ3v) is 7.77. The number of furan rings is 1. The fourth-order valence-electron chi connectivity index (χ4n) is 5.89. The number of hydrogen-bond acceptors (Lipinski definition) is 1. The molecule has 45 heavy (non-hydrogen) atoms. The van der Waals surface area contributed by atoms with Gasteiger partial charge < -0.3 is 4.42 Å². The van der Waals surface area contributed by atoms with Crippen molar-refractivity contribution in [2.45, 2.75) is 0 Å². The Labute approximate surface area is 294 Å². The lowest BCUT2D eigenvalue weighted by Gasteiger charge is -2.18. The van der Waals surface area contributed by atoms with E-state index in [1.54, 1.807) is 0 Å². The molecule has 0 spiro atoms. The molecule has 0 saturated carbocycles. The smallest absolute Gasteiger partial charge is 0.143 e. The van der Waals surface area contributed by atoms with Crippen molar-refractivity contribution in [2.75, 3.05) is 0 Å². The van der Waals surface area contributed by atoms with E-state index in [9.17, 15) is 11.0 Å². The molecular weight excluding hydrogens is 544 g/mol. The Morgan fingerprint density at radius 2 is 0.978 bits per heavy atom. The number of fused-ring (bicyclic) bond motifs is 10. The Morgan fingerprint density at radius 3 is 1.71 bits per heavy atom. The molecule has 1 aromatic heterocycles. The molecule has 10 rings (SSSR count). The van der Waals surface area contributed by atoms with E-state index in [1.807, 2.05) is 0 Å². The monoisotopic (exact) mass is 595 g/mol. The minimum absolute atomic E-state index is 0.250. The van der Waals surface area contributed by atoms with Crippen LogP contribution in [-0.4, -0.2) is 0 Å². The second-order valence-electron chi connectivity index (χ2n) is 10.1. The highest BCUT2D eigenvalue weighted by atomic mass is 16.3. The second-order valence-corrected chi connectivity index (χ2v) is 10.1. The maximum Gasteiger partial charge on any atom is 0.143 e. The molecular formula is C44H26O. The summed E-state index contributed by atoms with van der Waals surface area (Å²) in [5.74, 6) is 0. The predicted octanol–water partition coefficient (Wildman–Crippen LogP) is 12.7. The van der Waals surface area contributed by atoms with Crippen LogP contribution in [0.1, 0.15) is 34.3 Å². The fourth-order valence-corrected chi connectivity index (χ4v) is 5.89. The Hall–Kier alpha value is -5.92. The van der Waals surface area contributed by atoms with Gasteiger partial charge in [0.1, 0.15) is 11.2 Å². The fraction of sp³-hybridized carbons (Fsp3) is 0. The zero-order chi connectivity index (χ0) is 51.2. The second kappa shape index (κ2) is 9.29. The Kier molecular flexibility index (Phi) is 2.19. The molecule has 1 heterocycles. The van der Waals surface area contributed by atoms with Crippen LogP contribution in [0.4, 0.5) is 0 Å². The highest BCUT2D eigenvalue weighted by Gasteiger charge is 2.21. The van der Waals surface area contributed by atoms with Gasteiger partial charge in [0.25, 0.3) is 0 Å². The lowest BCUT2D eigenvalue weighted by atomic mass is 9.84. The van der Waals surface area contributed by atoms with E-state index < -0.39 is 238 Å². The molecule has 0 amide bonds. The van der Waals surface area contributed by atoms with Gasteiger partial charge in [0.15, 0.2) is 0 Å². The molecule has 0 N–H and O–H groups in total. The van der Waals surface area contributed by atoms with Crippen LogP contribution in [0.15, 0.2) is 162 Å². The van der Waals surface area contributed by atoms with E-state index in [1.165, 1.54) is 0 Å². The molecule has 0 fully saturated rings. The van der Waals surface area contributed by atoms with Crippen LogP contribution in [0, 0.1) is 0 Å². The summed E-state index contributed by atoms with van der Waals surface area (Å²) >= 11 is 0. The van der Waals surface area contributed by atoms with Crippen molar-refractivity contribution < 1.29 is 38.7 Å². The van der Waals surface area contributed by atoms with Crippen LogP contribution in [0.3, 0.4) is 0 Å². The van der Waals surface area contributed by atoms with Gasteiger partial charge in [-0.15, -0.1) is 0 Å². The summed E-state index contributed by atoms with van der Waals surface area (Å²) in [6.45, 7) is 0. The number of rotatable bonds is 2. The topological polar surface area (TPSA) is 13.1 Å². The van der Waals surface area contributed by atoms with E-state index in [-0.39, 0.29) is 10.8 Å². The number of benzene rings is 9. The van der Waals surface area contributed by atoms with Gasteiger partial charge in [-0.25, -0.2) is 0 Å². The molecule has 1 heteroatoms. The SMILES string of the molecule is [2H]c1cc2c(c([2H])c1-c1c3c([2H])c([2H])c([2H])c([2H])c3c(-c3c([2H])c([2H])c([2H])c4oc5c6c([2H])c([2H])c([2H])c([2H])c6c([2H])c([2H])c5c34)c3c([2H])c([2H])c([2H])c([2H])c13)c([2H])c([2H])c1c([2H])c([2H])c([2H])c([2H])c12. The van der Waals surface area contributed by atoms with E-state index in [4.69, 9.17) is 27.7 Å². The van der Waals surface area contributed by atoms with Crippen molar-refractivity contribution in [1.82, 2.24) is 0 Å². The molecule has 0 saturated heterocycles. The largest absolute Gasteiger partial charge is 0.455 e. The van der Waals surface area contributed by atoms with Crippen molar-refractivity contribution in [3.05, 3.63) is 157 Å². The van der Waals surface area contributed by atoms with Crippen molar-refractivity contribution in [3.63, 3.8) is 0 Å². The molecule has 0 aliphatic rings. The van der Waals surface area contributed by atoms with Crippen LogP contribution in [0.5, 0.6) is 0 Å². The lowest BCUT2D eigenvalue weighted by molar-refractivity contribution is 0.673. The first-order valence-corrected chi connectivity index (χ1v) is 13.5. The molecule has 0 bridgehead atoms. The van der Waals surface area contributed by atoms with Gasteiger partial charge >= 0.3 is 0 Å². The molecule has 0 aliphatic heterocycles. The summed E-state index contributed by atoms with van der Waals surface area (Å²) < 4.78 is 231. The standard InChI is InChI=1S/C44H26O/c1-3-12-31-27(10-1)20-21-29-26-30(23-24-32(29)31)41-34-14-5-7-16-36(34)42(37-17-8-6-15-35(37)41)38-18-9-19-40-43(38)39-25-22-28-11-2-4-13-33(28)44(39)45-40/h1-26H/i1D,2D,3D,4D,5D,6D,7D,8D,9D,10D,11D,12D,13D,14D,15D,16D,17D,18D,19D,20D,21D,22D,23D,25D,26D. The third-order valence-electron chi connectivity index (χ3n) is 7.77. The first-order valence-electron chi connectivity index (χ1n) is 26.0. The molecule has 0 radical (unpaired) electrons. The van der Waals surface area contributed by atoms with E-state index in [2.05, 4.69) is 0 Å². The van der Waals surface area contributed by atoms with Gasteiger partial charge in [-0.05, 0) is 88.9 Å². The van der Waals surface area contributed by atoms with Crippen molar-refractivity contribution in [3.8, 4) is 22.3 Å². The summed E-state index contributed by atoms with van der Waals surface area (Å²) in [7, 11) is 0. The number of hydrogen-bond donors (Lipinski definition) is 0. The van der Waals surface area contributed by atoms with Crippen LogP contribution >= 0.6 is 0 Å². The van der Waals surface area contributed by atoms with Gasteiger partial charge in [0, 0.05) is 16.2 Å². The molecule has 208 valence electrons. The average Bonchev–Trinajstić information content (AvgIpc) is 3.72. The van der Waals surface area contributed by atoms with Crippen LogP contribution < -0.4 is 0 Å². The molecule has 0 unspecified atom stereocenters. The Morgan fingerprint density at radius 1 is 0.400 bits per heavy atom. The Balaban J connectivity index is 1.54. The molecule has 1 nitrogen and oxygen atoms in total.